The van der Waals surface area contributed by atoms with Crippen LogP contribution in [0.5, 0.6) is 0 Å². The van der Waals surface area contributed by atoms with E-state index in [1.165, 1.54) is 5.69 Å². The van der Waals surface area contributed by atoms with E-state index in [9.17, 15) is 0 Å². The van der Waals surface area contributed by atoms with Gasteiger partial charge >= 0.3 is 0 Å². The minimum atomic E-state index is -0.144. The summed E-state index contributed by atoms with van der Waals surface area (Å²) in [6, 6.07) is 14.0. The Hall–Kier alpha value is -1.51. The van der Waals surface area contributed by atoms with Gasteiger partial charge in [0.25, 0.3) is 0 Å². The lowest BCUT2D eigenvalue weighted by molar-refractivity contribution is 0.861. The van der Waals surface area contributed by atoms with Crippen molar-refractivity contribution < 1.29 is 0 Å². The van der Waals surface area contributed by atoms with Crippen LogP contribution in [0.2, 0.25) is 5.02 Å². The van der Waals surface area contributed by atoms with Crippen LogP contribution in [-0.4, -0.2) is 14.1 Å². The van der Waals surface area contributed by atoms with Crippen LogP contribution in [0.3, 0.4) is 0 Å². The number of nitrogens with zero attached hydrogens (tertiary/aromatic N) is 1. The highest BCUT2D eigenvalue weighted by Crippen LogP contribution is 2.26. The van der Waals surface area contributed by atoms with Crippen molar-refractivity contribution in [3.63, 3.8) is 0 Å². The molecule has 0 bridgehead atoms. The molecule has 19 heavy (non-hydrogen) atoms. The largest absolute Gasteiger partial charge is 0.378 e. The fraction of sp³-hybridized carbons (Fsp3) is 0.250. The second-order valence-corrected chi connectivity index (χ2v) is 5.40. The number of benzene rings is 2. The fourth-order valence-electron chi connectivity index (χ4n) is 2.11. The maximum Gasteiger partial charge on any atom is 0.0554 e. The van der Waals surface area contributed by atoms with E-state index in [-0.39, 0.29) is 6.04 Å². The molecular weight excluding hydrogens is 256 g/mol. The minimum Gasteiger partial charge on any atom is -0.378 e. The SMILES string of the molecule is Cc1ccc(Cl)cc1C(N)c1ccc(N(C)C)cc1. The van der Waals surface area contributed by atoms with E-state index in [4.69, 9.17) is 17.3 Å². The van der Waals surface area contributed by atoms with E-state index in [1.54, 1.807) is 0 Å². The number of nitrogens with two attached hydrogens (primary N) is 1. The van der Waals surface area contributed by atoms with Gasteiger partial charge in [-0.1, -0.05) is 29.8 Å². The van der Waals surface area contributed by atoms with Gasteiger partial charge < -0.3 is 10.6 Å². The average molecular weight is 275 g/mol. The Bertz CT molecular complexity index is 561. The van der Waals surface area contributed by atoms with Crippen LogP contribution in [0, 0.1) is 6.92 Å². The van der Waals surface area contributed by atoms with Crippen molar-refractivity contribution in [1.82, 2.24) is 0 Å². The van der Waals surface area contributed by atoms with Crippen molar-refractivity contribution in [2.45, 2.75) is 13.0 Å². The van der Waals surface area contributed by atoms with Crippen LogP contribution >= 0.6 is 11.6 Å². The smallest absolute Gasteiger partial charge is 0.0554 e. The molecule has 100 valence electrons. The Morgan fingerprint density at radius 1 is 1.05 bits per heavy atom. The molecule has 0 heterocycles. The maximum absolute atomic E-state index is 6.34. The molecule has 1 atom stereocenters. The molecule has 0 amide bonds. The standard InChI is InChI=1S/C16H19ClN2/c1-11-4-7-13(17)10-15(11)16(18)12-5-8-14(9-6-12)19(2)3/h4-10,16H,18H2,1-3H3. The average Bonchev–Trinajstić information content (AvgIpc) is 2.41. The summed E-state index contributed by atoms with van der Waals surface area (Å²) in [6.45, 7) is 2.06. The Labute approximate surface area is 119 Å². The van der Waals surface area contributed by atoms with Crippen LogP contribution < -0.4 is 10.6 Å². The molecule has 0 aliphatic heterocycles. The summed E-state index contributed by atoms with van der Waals surface area (Å²) < 4.78 is 0. The quantitative estimate of drug-likeness (QED) is 0.923. The van der Waals surface area contributed by atoms with Gasteiger partial charge in [-0.05, 0) is 47.9 Å². The van der Waals surface area contributed by atoms with Gasteiger partial charge in [0.05, 0.1) is 6.04 Å². The van der Waals surface area contributed by atoms with Gasteiger partial charge in [-0.2, -0.15) is 0 Å². The Morgan fingerprint density at radius 3 is 2.26 bits per heavy atom. The molecule has 0 radical (unpaired) electrons. The van der Waals surface area contributed by atoms with E-state index in [0.29, 0.717) is 0 Å². The molecule has 0 saturated carbocycles. The summed E-state index contributed by atoms with van der Waals surface area (Å²) in [5, 5.41) is 0.723. The Morgan fingerprint density at radius 2 is 1.68 bits per heavy atom. The van der Waals surface area contributed by atoms with Gasteiger partial charge in [0.1, 0.15) is 0 Å². The number of hydrogen-bond donors (Lipinski definition) is 1. The third kappa shape index (κ3) is 3.09. The van der Waals surface area contributed by atoms with E-state index < -0.39 is 0 Å². The topological polar surface area (TPSA) is 29.3 Å². The molecule has 0 aromatic heterocycles. The number of halogens is 1. The van der Waals surface area contributed by atoms with Crippen LogP contribution in [0.25, 0.3) is 0 Å². The molecule has 2 aromatic rings. The first-order chi connectivity index (χ1) is 8.99. The lowest BCUT2D eigenvalue weighted by Gasteiger charge is -2.18. The molecule has 2 nitrogen and oxygen atoms in total. The maximum atomic E-state index is 6.34. The summed E-state index contributed by atoms with van der Waals surface area (Å²) in [4.78, 5) is 2.07. The van der Waals surface area contributed by atoms with Gasteiger partial charge in [-0.25, -0.2) is 0 Å². The molecule has 0 aliphatic carbocycles. The summed E-state index contributed by atoms with van der Waals surface area (Å²) in [7, 11) is 4.05. The van der Waals surface area contributed by atoms with E-state index in [1.807, 2.05) is 32.3 Å². The molecular formula is C16H19ClN2. The van der Waals surface area contributed by atoms with Crippen molar-refractivity contribution in [2.75, 3.05) is 19.0 Å². The Kier molecular flexibility index (Phi) is 4.13. The van der Waals surface area contributed by atoms with Gasteiger partial charge in [-0.3, -0.25) is 0 Å². The van der Waals surface area contributed by atoms with E-state index in [0.717, 1.165) is 21.7 Å². The number of hydrogen-bond acceptors (Lipinski definition) is 2. The molecule has 2 rings (SSSR count). The second-order valence-electron chi connectivity index (χ2n) is 4.96. The second kappa shape index (κ2) is 5.64. The molecule has 0 spiro atoms. The molecule has 1 unspecified atom stereocenters. The van der Waals surface area contributed by atoms with E-state index in [2.05, 4.69) is 36.1 Å². The van der Waals surface area contributed by atoms with Gasteiger partial charge in [-0.15, -0.1) is 0 Å². The molecule has 2 aromatic carbocycles. The molecule has 2 N–H and O–H groups in total. The van der Waals surface area contributed by atoms with Crippen LogP contribution in [0.1, 0.15) is 22.7 Å². The highest BCUT2D eigenvalue weighted by molar-refractivity contribution is 6.30. The molecule has 0 saturated heterocycles. The fourth-order valence-corrected chi connectivity index (χ4v) is 2.29. The van der Waals surface area contributed by atoms with Gasteiger partial charge in [0.15, 0.2) is 0 Å². The number of aryl methyl sites for hydroxylation is 1. The Balaban J connectivity index is 2.33. The lowest BCUT2D eigenvalue weighted by Crippen LogP contribution is -2.14. The van der Waals surface area contributed by atoms with Gasteiger partial charge in [0, 0.05) is 24.8 Å². The van der Waals surface area contributed by atoms with Crippen molar-refractivity contribution in [1.29, 1.82) is 0 Å². The van der Waals surface area contributed by atoms with Crippen LogP contribution in [0.4, 0.5) is 5.69 Å². The third-order valence-corrected chi connectivity index (χ3v) is 3.58. The van der Waals surface area contributed by atoms with Crippen molar-refractivity contribution in [3.8, 4) is 0 Å². The highest BCUT2D eigenvalue weighted by Gasteiger charge is 2.12. The summed E-state index contributed by atoms with van der Waals surface area (Å²) in [5.74, 6) is 0. The normalized spacial score (nSPS) is 12.3. The lowest BCUT2D eigenvalue weighted by atomic mass is 9.95. The van der Waals surface area contributed by atoms with Gasteiger partial charge in [0.2, 0.25) is 0 Å². The summed E-state index contributed by atoms with van der Waals surface area (Å²) >= 11 is 6.05. The number of rotatable bonds is 3. The molecule has 0 fully saturated rings. The van der Waals surface area contributed by atoms with Crippen molar-refractivity contribution in [2.24, 2.45) is 5.73 Å². The molecule has 0 aliphatic rings. The zero-order chi connectivity index (χ0) is 14.0. The molecule has 3 heteroatoms. The zero-order valence-corrected chi connectivity index (χ0v) is 12.3. The first kappa shape index (κ1) is 13.9. The first-order valence-corrected chi connectivity index (χ1v) is 6.66. The van der Waals surface area contributed by atoms with Crippen molar-refractivity contribution >= 4 is 17.3 Å². The summed E-state index contributed by atoms with van der Waals surface area (Å²) in [5.41, 5.74) is 10.8. The van der Waals surface area contributed by atoms with Crippen LogP contribution in [-0.2, 0) is 0 Å². The first-order valence-electron chi connectivity index (χ1n) is 6.28. The van der Waals surface area contributed by atoms with E-state index >= 15 is 0 Å². The predicted molar refractivity (Wildman–Crippen MR) is 83.0 cm³/mol. The summed E-state index contributed by atoms with van der Waals surface area (Å²) in [6.07, 6.45) is 0. The monoisotopic (exact) mass is 274 g/mol. The number of anilines is 1. The third-order valence-electron chi connectivity index (χ3n) is 3.34. The van der Waals surface area contributed by atoms with Crippen LogP contribution in [0.15, 0.2) is 42.5 Å². The highest BCUT2D eigenvalue weighted by atomic mass is 35.5. The predicted octanol–water partition coefficient (Wildman–Crippen LogP) is 3.76. The zero-order valence-electron chi connectivity index (χ0n) is 11.5. The van der Waals surface area contributed by atoms with Crippen molar-refractivity contribution in [3.05, 3.63) is 64.2 Å². The minimum absolute atomic E-state index is 0.144.